The Morgan fingerprint density at radius 1 is 1.17 bits per heavy atom. The third-order valence-electron chi connectivity index (χ3n) is 2.54. The molecule has 0 radical (unpaired) electrons. The molecule has 0 N–H and O–H groups in total. The first-order chi connectivity index (χ1) is 8.93. The summed E-state index contributed by atoms with van der Waals surface area (Å²) in [4.78, 5) is 0. The number of benzene rings is 1. The summed E-state index contributed by atoms with van der Waals surface area (Å²) in [6.45, 7) is 1.34. The summed E-state index contributed by atoms with van der Waals surface area (Å²) in [5.41, 5.74) is 0.878. The highest BCUT2D eigenvalue weighted by Gasteiger charge is 2.12. The minimum absolute atomic E-state index is 0.657. The van der Waals surface area contributed by atoms with E-state index in [2.05, 4.69) is 15.3 Å². The molecular weight excluding hydrogens is 232 g/mol. The van der Waals surface area contributed by atoms with Gasteiger partial charge in [-0.25, -0.2) is 4.68 Å². The molecule has 0 amide bonds. The second-order valence-electron chi connectivity index (χ2n) is 3.81. The molecule has 0 spiro atoms. The van der Waals surface area contributed by atoms with Crippen LogP contribution in [-0.4, -0.2) is 34.3 Å². The van der Waals surface area contributed by atoms with E-state index in [1.165, 1.54) is 17.3 Å². The van der Waals surface area contributed by atoms with Crippen molar-refractivity contribution in [2.45, 2.75) is 6.42 Å². The number of nitrogens with zero attached hydrogens (tertiary/aromatic N) is 4. The zero-order chi connectivity index (χ0) is 12.2. The molecule has 1 aromatic carbocycles. The maximum Gasteiger partial charge on any atom is 0.169 e. The number of para-hydroxylation sites is 1. The molecule has 2 aromatic rings. The summed E-state index contributed by atoms with van der Waals surface area (Å²) < 4.78 is 12.8. The molecule has 0 fully saturated rings. The lowest BCUT2D eigenvalue weighted by Crippen LogP contribution is -1.98. The van der Waals surface area contributed by atoms with Gasteiger partial charge < -0.3 is 9.47 Å². The Morgan fingerprint density at radius 3 is 2.89 bits per heavy atom. The van der Waals surface area contributed by atoms with Gasteiger partial charge in [0.05, 0.1) is 19.4 Å². The fourth-order valence-electron chi connectivity index (χ4n) is 1.70. The Morgan fingerprint density at radius 2 is 2.00 bits per heavy atom. The maximum absolute atomic E-state index is 5.69. The van der Waals surface area contributed by atoms with Gasteiger partial charge in [-0.3, -0.25) is 0 Å². The Bertz CT molecular complexity index is 551. The molecule has 0 unspecified atom stereocenters. The molecule has 1 aliphatic heterocycles. The first-order valence-electron chi connectivity index (χ1n) is 5.71. The molecule has 1 aliphatic rings. The lowest BCUT2D eigenvalue weighted by Gasteiger charge is -2.09. The van der Waals surface area contributed by atoms with Crippen molar-refractivity contribution in [3.8, 4) is 11.5 Å². The van der Waals surface area contributed by atoms with Crippen LogP contribution in [0.4, 0.5) is 0 Å². The van der Waals surface area contributed by atoms with Crippen molar-refractivity contribution in [3.63, 3.8) is 0 Å². The Hall–Kier alpha value is -2.37. The lowest BCUT2D eigenvalue weighted by molar-refractivity contribution is 0.297. The molecule has 0 atom stereocenters. The number of rotatable bonds is 2. The van der Waals surface area contributed by atoms with Gasteiger partial charge in [-0.2, -0.15) is 5.10 Å². The highest BCUT2D eigenvalue weighted by atomic mass is 16.5. The third kappa shape index (κ3) is 2.17. The quantitative estimate of drug-likeness (QED) is 0.747. The Balaban J connectivity index is 1.92. The van der Waals surface area contributed by atoms with Gasteiger partial charge >= 0.3 is 0 Å². The lowest BCUT2D eigenvalue weighted by atomic mass is 10.2. The van der Waals surface area contributed by atoms with Crippen molar-refractivity contribution in [2.24, 2.45) is 5.10 Å². The van der Waals surface area contributed by atoms with Crippen LogP contribution in [0.1, 0.15) is 12.0 Å². The molecule has 1 aromatic heterocycles. The predicted octanol–water partition coefficient (Wildman–Crippen LogP) is 1.32. The fraction of sp³-hybridized carbons (Fsp3) is 0.250. The molecule has 0 saturated carbocycles. The zero-order valence-electron chi connectivity index (χ0n) is 9.69. The van der Waals surface area contributed by atoms with Crippen LogP contribution < -0.4 is 9.47 Å². The van der Waals surface area contributed by atoms with Gasteiger partial charge in [0.25, 0.3) is 0 Å². The average molecular weight is 244 g/mol. The van der Waals surface area contributed by atoms with Crippen molar-refractivity contribution >= 4 is 6.21 Å². The van der Waals surface area contributed by atoms with Gasteiger partial charge in [-0.05, 0) is 12.1 Å². The molecule has 6 nitrogen and oxygen atoms in total. The van der Waals surface area contributed by atoms with E-state index in [0.29, 0.717) is 13.2 Å². The highest BCUT2D eigenvalue weighted by molar-refractivity contribution is 5.85. The molecule has 92 valence electrons. The zero-order valence-corrected chi connectivity index (χ0v) is 9.69. The van der Waals surface area contributed by atoms with E-state index in [1.54, 1.807) is 6.21 Å². The topological polar surface area (TPSA) is 61.5 Å². The minimum Gasteiger partial charge on any atom is -0.490 e. The number of aromatic nitrogens is 3. The van der Waals surface area contributed by atoms with Crippen LogP contribution in [0, 0.1) is 0 Å². The molecule has 0 aliphatic carbocycles. The van der Waals surface area contributed by atoms with E-state index in [0.717, 1.165) is 23.5 Å². The van der Waals surface area contributed by atoms with E-state index < -0.39 is 0 Å². The number of hydrogen-bond acceptors (Lipinski definition) is 5. The van der Waals surface area contributed by atoms with Gasteiger partial charge in [0, 0.05) is 12.0 Å². The van der Waals surface area contributed by atoms with E-state index >= 15 is 0 Å². The first-order valence-corrected chi connectivity index (χ1v) is 5.71. The van der Waals surface area contributed by atoms with Crippen LogP contribution in [0.25, 0.3) is 0 Å². The largest absolute Gasteiger partial charge is 0.490 e. The Labute approximate surface area is 104 Å². The van der Waals surface area contributed by atoms with E-state index in [9.17, 15) is 0 Å². The normalized spacial score (nSPS) is 14.7. The summed E-state index contributed by atoms with van der Waals surface area (Å²) in [6, 6.07) is 5.75. The second-order valence-corrected chi connectivity index (χ2v) is 3.81. The molecule has 0 bridgehead atoms. The summed E-state index contributed by atoms with van der Waals surface area (Å²) >= 11 is 0. The standard InChI is InChI=1S/C12H12N4O2/c1-3-10(7-15-16-8-13-14-9-16)12-11(4-1)17-5-2-6-18-12/h1,3-4,7-9H,2,5-6H2. The predicted molar refractivity (Wildman–Crippen MR) is 65.1 cm³/mol. The van der Waals surface area contributed by atoms with Gasteiger partial charge in [-0.15, -0.1) is 10.2 Å². The van der Waals surface area contributed by atoms with Gasteiger partial charge in [-0.1, -0.05) is 6.07 Å². The molecule has 6 heteroatoms. The summed E-state index contributed by atoms with van der Waals surface area (Å²) in [6.07, 6.45) is 5.64. The number of fused-ring (bicyclic) bond motifs is 1. The smallest absolute Gasteiger partial charge is 0.169 e. The van der Waals surface area contributed by atoms with E-state index in [4.69, 9.17) is 9.47 Å². The van der Waals surface area contributed by atoms with Gasteiger partial charge in [0.15, 0.2) is 11.5 Å². The first kappa shape index (κ1) is 10.8. The summed E-state index contributed by atoms with van der Waals surface area (Å²) in [5, 5.41) is 11.6. The number of ether oxygens (including phenoxy) is 2. The highest BCUT2D eigenvalue weighted by Crippen LogP contribution is 2.32. The second kappa shape index (κ2) is 4.87. The molecule has 2 heterocycles. The SMILES string of the molecule is C(=Nn1cnnc1)c1cccc2c1OCCCO2. The van der Waals surface area contributed by atoms with Crippen LogP contribution in [-0.2, 0) is 0 Å². The van der Waals surface area contributed by atoms with Crippen LogP contribution in [0.3, 0.4) is 0 Å². The third-order valence-corrected chi connectivity index (χ3v) is 2.54. The molecule has 0 saturated heterocycles. The van der Waals surface area contributed by atoms with Crippen molar-refractivity contribution in [1.29, 1.82) is 0 Å². The monoisotopic (exact) mass is 244 g/mol. The van der Waals surface area contributed by atoms with Crippen molar-refractivity contribution in [1.82, 2.24) is 14.9 Å². The van der Waals surface area contributed by atoms with Crippen LogP contribution >= 0.6 is 0 Å². The maximum atomic E-state index is 5.69. The van der Waals surface area contributed by atoms with Crippen LogP contribution in [0.5, 0.6) is 11.5 Å². The molecule has 3 rings (SSSR count). The number of hydrogen-bond donors (Lipinski definition) is 0. The van der Waals surface area contributed by atoms with Crippen molar-refractivity contribution < 1.29 is 9.47 Å². The van der Waals surface area contributed by atoms with Gasteiger partial charge in [0.2, 0.25) is 0 Å². The van der Waals surface area contributed by atoms with Crippen LogP contribution in [0.2, 0.25) is 0 Å². The molecule has 18 heavy (non-hydrogen) atoms. The fourth-order valence-corrected chi connectivity index (χ4v) is 1.70. The average Bonchev–Trinajstić information content (AvgIpc) is 2.79. The summed E-state index contributed by atoms with van der Waals surface area (Å²) in [7, 11) is 0. The van der Waals surface area contributed by atoms with Gasteiger partial charge in [0.1, 0.15) is 12.7 Å². The van der Waals surface area contributed by atoms with Crippen LogP contribution in [0.15, 0.2) is 36.0 Å². The Kier molecular flexibility index (Phi) is 2.91. The van der Waals surface area contributed by atoms with E-state index in [1.807, 2.05) is 18.2 Å². The summed E-state index contributed by atoms with van der Waals surface area (Å²) in [5.74, 6) is 1.51. The molecular formula is C12H12N4O2. The minimum atomic E-state index is 0.657. The van der Waals surface area contributed by atoms with Crippen molar-refractivity contribution in [2.75, 3.05) is 13.2 Å². The van der Waals surface area contributed by atoms with E-state index in [-0.39, 0.29) is 0 Å². The van der Waals surface area contributed by atoms with Crippen molar-refractivity contribution in [3.05, 3.63) is 36.4 Å².